The Bertz CT molecular complexity index is 777. The van der Waals surface area contributed by atoms with Gasteiger partial charge in [0.1, 0.15) is 0 Å². The second-order valence-corrected chi connectivity index (χ2v) is 5.97. The van der Waals surface area contributed by atoms with E-state index in [1.807, 2.05) is 0 Å². The van der Waals surface area contributed by atoms with Gasteiger partial charge < -0.3 is 14.2 Å². The predicted octanol–water partition coefficient (Wildman–Crippen LogP) is -0.969. The number of hydrogen-bond acceptors (Lipinski definition) is 9. The second kappa shape index (κ2) is 12.4. The number of hydrogen-bond donors (Lipinski definition) is 0. The first-order chi connectivity index (χ1) is 14.3. The van der Waals surface area contributed by atoms with Crippen molar-refractivity contribution in [2.45, 2.75) is 59.7 Å². The monoisotopic (exact) mass is 429 g/mol. The standard InChI is InChI=1S/C18H27N3O9/c1-4-28-13(22)7-10-19-16(25)20(11-8-14(23)29-5-2)18(27)21(17(19)26)12-9-15(24)30-6-3/h4-12H2,1-3H3. The number of nitrogens with zero attached hydrogens (tertiary/aromatic N) is 3. The van der Waals surface area contributed by atoms with Crippen molar-refractivity contribution in [3.63, 3.8) is 0 Å². The summed E-state index contributed by atoms with van der Waals surface area (Å²) < 4.78 is 16.5. The quantitative estimate of drug-likeness (QED) is 0.303. The van der Waals surface area contributed by atoms with Gasteiger partial charge in [-0.2, -0.15) is 0 Å². The molecule has 1 aromatic heterocycles. The van der Waals surface area contributed by atoms with Gasteiger partial charge in [-0.1, -0.05) is 0 Å². The first kappa shape index (κ1) is 24.9. The third-order valence-electron chi connectivity index (χ3n) is 3.92. The number of ether oxygens (including phenoxy) is 3. The molecule has 0 bridgehead atoms. The smallest absolute Gasteiger partial charge is 0.336 e. The van der Waals surface area contributed by atoms with Crippen LogP contribution in [0.15, 0.2) is 14.4 Å². The number of carbonyl (C=O) groups is 3. The van der Waals surface area contributed by atoms with Crippen LogP contribution in [0.4, 0.5) is 0 Å². The molecule has 168 valence electrons. The molecule has 0 aliphatic carbocycles. The Kier molecular flexibility index (Phi) is 10.3. The van der Waals surface area contributed by atoms with E-state index in [9.17, 15) is 28.8 Å². The Morgan fingerprint density at radius 2 is 0.800 bits per heavy atom. The van der Waals surface area contributed by atoms with Crippen LogP contribution in [-0.4, -0.2) is 51.4 Å². The average Bonchev–Trinajstić information content (AvgIpc) is 2.68. The third kappa shape index (κ3) is 7.01. The molecule has 0 aromatic carbocycles. The summed E-state index contributed by atoms with van der Waals surface area (Å²) in [6.45, 7) is 4.27. The minimum absolute atomic E-state index is 0.135. The number of carbonyl (C=O) groups excluding carboxylic acids is 3. The highest BCUT2D eigenvalue weighted by Crippen LogP contribution is 1.93. The fourth-order valence-corrected chi connectivity index (χ4v) is 2.57. The molecule has 0 N–H and O–H groups in total. The first-order valence-corrected chi connectivity index (χ1v) is 9.68. The SMILES string of the molecule is CCOC(=O)CCn1c(=O)n(CCC(=O)OCC)c(=O)n(CCC(=O)OCC)c1=O. The van der Waals surface area contributed by atoms with Gasteiger partial charge in [-0.05, 0) is 20.8 Å². The molecule has 0 aliphatic rings. The van der Waals surface area contributed by atoms with E-state index < -0.39 is 35.0 Å². The molecular formula is C18H27N3O9. The van der Waals surface area contributed by atoms with Crippen molar-refractivity contribution in [2.24, 2.45) is 0 Å². The lowest BCUT2D eigenvalue weighted by Gasteiger charge is -2.13. The van der Waals surface area contributed by atoms with Crippen LogP contribution < -0.4 is 17.1 Å². The number of aromatic nitrogens is 3. The minimum atomic E-state index is -0.967. The van der Waals surface area contributed by atoms with Crippen LogP contribution in [0, 0.1) is 0 Å². The average molecular weight is 429 g/mol. The summed E-state index contributed by atoms with van der Waals surface area (Å²) >= 11 is 0. The molecule has 0 saturated heterocycles. The van der Waals surface area contributed by atoms with Crippen LogP contribution in [0.2, 0.25) is 0 Å². The largest absolute Gasteiger partial charge is 0.466 e. The molecule has 0 fully saturated rings. The zero-order chi connectivity index (χ0) is 22.7. The molecule has 0 aliphatic heterocycles. The van der Waals surface area contributed by atoms with E-state index in [2.05, 4.69) is 0 Å². The molecule has 1 heterocycles. The zero-order valence-corrected chi connectivity index (χ0v) is 17.4. The van der Waals surface area contributed by atoms with Crippen molar-refractivity contribution in [3.8, 4) is 0 Å². The number of esters is 3. The summed E-state index contributed by atoms with van der Waals surface area (Å²) in [6, 6.07) is 0. The maximum atomic E-state index is 12.7. The molecule has 0 amide bonds. The van der Waals surface area contributed by atoms with Gasteiger partial charge in [0, 0.05) is 19.6 Å². The van der Waals surface area contributed by atoms with Gasteiger partial charge in [0.25, 0.3) is 0 Å². The van der Waals surface area contributed by atoms with Gasteiger partial charge in [0.15, 0.2) is 0 Å². The van der Waals surface area contributed by atoms with Gasteiger partial charge in [-0.25, -0.2) is 28.1 Å². The second-order valence-electron chi connectivity index (χ2n) is 5.97. The van der Waals surface area contributed by atoms with Crippen LogP contribution in [0.1, 0.15) is 40.0 Å². The lowest BCUT2D eigenvalue weighted by Crippen LogP contribution is -2.55. The molecule has 12 nitrogen and oxygen atoms in total. The van der Waals surface area contributed by atoms with E-state index in [0.717, 1.165) is 0 Å². The Morgan fingerprint density at radius 3 is 1.00 bits per heavy atom. The van der Waals surface area contributed by atoms with Gasteiger partial charge >= 0.3 is 35.0 Å². The van der Waals surface area contributed by atoms with E-state index in [1.54, 1.807) is 20.8 Å². The topological polar surface area (TPSA) is 145 Å². The number of rotatable bonds is 12. The van der Waals surface area contributed by atoms with E-state index in [1.165, 1.54) is 0 Å². The molecule has 1 aromatic rings. The van der Waals surface area contributed by atoms with Gasteiger partial charge in [0.05, 0.1) is 39.1 Å². The zero-order valence-electron chi connectivity index (χ0n) is 17.4. The Morgan fingerprint density at radius 1 is 0.567 bits per heavy atom. The van der Waals surface area contributed by atoms with Gasteiger partial charge in [0.2, 0.25) is 0 Å². The summed E-state index contributed by atoms with van der Waals surface area (Å²) in [5.41, 5.74) is -2.90. The highest BCUT2D eigenvalue weighted by molar-refractivity contribution is 5.69. The molecule has 0 radical (unpaired) electrons. The fourth-order valence-electron chi connectivity index (χ4n) is 2.57. The highest BCUT2D eigenvalue weighted by Gasteiger charge is 2.18. The summed E-state index contributed by atoms with van der Waals surface area (Å²) in [4.78, 5) is 72.8. The van der Waals surface area contributed by atoms with Crippen LogP contribution in [0.5, 0.6) is 0 Å². The van der Waals surface area contributed by atoms with Gasteiger partial charge in [-0.3, -0.25) is 14.4 Å². The predicted molar refractivity (Wildman–Crippen MR) is 103 cm³/mol. The van der Waals surface area contributed by atoms with E-state index in [4.69, 9.17) is 14.2 Å². The van der Waals surface area contributed by atoms with Crippen molar-refractivity contribution in [2.75, 3.05) is 19.8 Å². The van der Waals surface area contributed by atoms with Crippen molar-refractivity contribution in [1.82, 2.24) is 13.7 Å². The Labute approximate surface area is 172 Å². The van der Waals surface area contributed by atoms with Gasteiger partial charge in [-0.15, -0.1) is 0 Å². The first-order valence-electron chi connectivity index (χ1n) is 9.68. The Balaban J connectivity index is 3.30. The van der Waals surface area contributed by atoms with Crippen molar-refractivity contribution < 1.29 is 28.6 Å². The lowest BCUT2D eigenvalue weighted by atomic mass is 10.4. The van der Waals surface area contributed by atoms with Crippen molar-refractivity contribution in [3.05, 3.63) is 31.5 Å². The molecule has 0 atom stereocenters. The lowest BCUT2D eigenvalue weighted by molar-refractivity contribution is -0.144. The summed E-state index contributed by atoms with van der Waals surface area (Å²) in [6.07, 6.45) is -0.801. The van der Waals surface area contributed by atoms with Crippen molar-refractivity contribution >= 4 is 17.9 Å². The summed E-state index contributed by atoms with van der Waals surface area (Å²) in [5, 5.41) is 0. The molecule has 0 saturated carbocycles. The molecule has 0 spiro atoms. The van der Waals surface area contributed by atoms with E-state index in [-0.39, 0.29) is 58.7 Å². The molecule has 0 unspecified atom stereocenters. The maximum absolute atomic E-state index is 12.7. The van der Waals surface area contributed by atoms with E-state index in [0.29, 0.717) is 13.7 Å². The maximum Gasteiger partial charge on any atom is 0.336 e. The fraction of sp³-hybridized carbons (Fsp3) is 0.667. The van der Waals surface area contributed by atoms with Crippen molar-refractivity contribution in [1.29, 1.82) is 0 Å². The Hall–Kier alpha value is -3.18. The molecular weight excluding hydrogens is 402 g/mol. The van der Waals surface area contributed by atoms with Crippen LogP contribution >= 0.6 is 0 Å². The van der Waals surface area contributed by atoms with Crippen LogP contribution in [0.25, 0.3) is 0 Å². The molecule has 12 heteroatoms. The summed E-state index contributed by atoms with van der Waals surface area (Å²) in [5.74, 6) is -1.86. The van der Waals surface area contributed by atoms with E-state index >= 15 is 0 Å². The molecule has 1 rings (SSSR count). The third-order valence-corrected chi connectivity index (χ3v) is 3.92. The minimum Gasteiger partial charge on any atom is -0.466 e. The normalized spacial score (nSPS) is 10.5. The summed E-state index contributed by atoms with van der Waals surface area (Å²) in [7, 11) is 0. The highest BCUT2D eigenvalue weighted by atomic mass is 16.5. The molecule has 30 heavy (non-hydrogen) atoms. The van der Waals surface area contributed by atoms with Crippen LogP contribution in [0.3, 0.4) is 0 Å². The van der Waals surface area contributed by atoms with Crippen LogP contribution in [-0.2, 0) is 48.2 Å².